The number of aliphatic hydroxyl groups excluding tert-OH is 1. The van der Waals surface area contributed by atoms with E-state index in [1.54, 1.807) is 0 Å². The number of hydrogen-bond donors (Lipinski definition) is 1. The van der Waals surface area contributed by atoms with E-state index in [1.807, 2.05) is 0 Å². The maximum Gasteiger partial charge on any atom is 0.416 e. The minimum Gasteiger partial charge on any atom is -0.396 e. The molecule has 1 heterocycles. The number of alkyl halides is 3. The lowest BCUT2D eigenvalue weighted by Gasteiger charge is -2.18. The van der Waals surface area contributed by atoms with Gasteiger partial charge in [-0.15, -0.1) is 0 Å². The second kappa shape index (κ2) is 4.85. The summed E-state index contributed by atoms with van der Waals surface area (Å²) < 4.78 is 56.2. The summed E-state index contributed by atoms with van der Waals surface area (Å²) in [4.78, 5) is 0. The van der Waals surface area contributed by atoms with E-state index in [2.05, 4.69) is 0 Å². The van der Waals surface area contributed by atoms with E-state index in [-0.39, 0.29) is 18.1 Å². The molecule has 2 nitrogen and oxygen atoms in total. The van der Waals surface area contributed by atoms with Gasteiger partial charge in [0.1, 0.15) is 5.82 Å². The van der Waals surface area contributed by atoms with Gasteiger partial charge in [0.25, 0.3) is 0 Å². The molecule has 1 aliphatic heterocycles. The van der Waals surface area contributed by atoms with Gasteiger partial charge in [-0.3, -0.25) is 0 Å². The smallest absolute Gasteiger partial charge is 0.396 e. The molecular formula is C12H12F4O2. The number of halogens is 4. The zero-order chi connectivity index (χ0) is 13.3. The van der Waals surface area contributed by atoms with Gasteiger partial charge in [0.05, 0.1) is 11.7 Å². The highest BCUT2D eigenvalue weighted by atomic mass is 19.4. The molecule has 2 atom stereocenters. The molecule has 1 N–H and O–H groups in total. The highest BCUT2D eigenvalue weighted by Gasteiger charge is 2.34. The van der Waals surface area contributed by atoms with Crippen molar-refractivity contribution in [3.8, 4) is 0 Å². The number of aliphatic hydroxyl groups is 1. The number of rotatable bonds is 2. The normalized spacial score (nSPS) is 24.5. The Hall–Kier alpha value is -1.14. The third-order valence-corrected chi connectivity index (χ3v) is 3.02. The summed E-state index contributed by atoms with van der Waals surface area (Å²) in [7, 11) is 0. The molecule has 2 rings (SSSR count). The Morgan fingerprint density at radius 1 is 1.28 bits per heavy atom. The fourth-order valence-electron chi connectivity index (χ4n) is 2.13. The van der Waals surface area contributed by atoms with Gasteiger partial charge in [0.2, 0.25) is 0 Å². The molecule has 0 radical (unpaired) electrons. The van der Waals surface area contributed by atoms with Crippen LogP contribution in [0.2, 0.25) is 0 Å². The van der Waals surface area contributed by atoms with Crippen molar-refractivity contribution in [2.24, 2.45) is 5.92 Å². The monoisotopic (exact) mass is 264 g/mol. The van der Waals surface area contributed by atoms with Crippen LogP contribution in [0.15, 0.2) is 18.2 Å². The molecule has 0 aliphatic carbocycles. The van der Waals surface area contributed by atoms with Crippen molar-refractivity contribution in [2.75, 3.05) is 13.2 Å². The molecular weight excluding hydrogens is 252 g/mol. The predicted molar refractivity (Wildman–Crippen MR) is 55.3 cm³/mol. The fourth-order valence-corrected chi connectivity index (χ4v) is 2.13. The molecule has 100 valence electrons. The largest absolute Gasteiger partial charge is 0.416 e. The topological polar surface area (TPSA) is 29.5 Å². The van der Waals surface area contributed by atoms with Crippen molar-refractivity contribution in [1.29, 1.82) is 0 Å². The van der Waals surface area contributed by atoms with E-state index >= 15 is 0 Å². The summed E-state index contributed by atoms with van der Waals surface area (Å²) in [5.41, 5.74) is -0.913. The summed E-state index contributed by atoms with van der Waals surface area (Å²) in [5, 5.41) is 9.10. The van der Waals surface area contributed by atoms with Gasteiger partial charge in [0, 0.05) is 19.1 Å². The molecule has 2 unspecified atom stereocenters. The van der Waals surface area contributed by atoms with E-state index in [0.29, 0.717) is 19.1 Å². The van der Waals surface area contributed by atoms with Crippen LogP contribution in [0.4, 0.5) is 17.6 Å². The first-order valence-electron chi connectivity index (χ1n) is 5.52. The van der Waals surface area contributed by atoms with Crippen molar-refractivity contribution in [1.82, 2.24) is 0 Å². The molecule has 1 aromatic carbocycles. The van der Waals surface area contributed by atoms with Crippen LogP contribution in [0.1, 0.15) is 23.7 Å². The lowest BCUT2D eigenvalue weighted by molar-refractivity contribution is -0.137. The molecule has 1 aromatic rings. The second-order valence-electron chi connectivity index (χ2n) is 4.29. The SMILES string of the molecule is OCC1CCOC1c1cc(F)cc(C(F)(F)F)c1. The van der Waals surface area contributed by atoms with Gasteiger partial charge in [-0.05, 0) is 30.2 Å². The maximum atomic E-state index is 13.2. The van der Waals surface area contributed by atoms with Crippen LogP contribution in [-0.4, -0.2) is 18.3 Å². The molecule has 1 fully saturated rings. The van der Waals surface area contributed by atoms with Crippen LogP contribution in [0.25, 0.3) is 0 Å². The zero-order valence-electron chi connectivity index (χ0n) is 9.38. The average Bonchev–Trinajstić information content (AvgIpc) is 2.74. The van der Waals surface area contributed by atoms with Gasteiger partial charge < -0.3 is 9.84 Å². The van der Waals surface area contributed by atoms with E-state index in [0.717, 1.165) is 12.1 Å². The minimum absolute atomic E-state index is 0.124. The maximum absolute atomic E-state index is 13.2. The standard InChI is InChI=1S/C12H12F4O2/c13-10-4-8(3-9(5-10)12(14,15)16)11-7(6-17)1-2-18-11/h3-5,7,11,17H,1-2,6H2. The molecule has 0 spiro atoms. The first-order valence-corrected chi connectivity index (χ1v) is 5.52. The van der Waals surface area contributed by atoms with E-state index in [4.69, 9.17) is 9.84 Å². The Bertz CT molecular complexity index is 431. The highest BCUT2D eigenvalue weighted by Crippen LogP contribution is 2.37. The molecule has 1 saturated heterocycles. The lowest BCUT2D eigenvalue weighted by Crippen LogP contribution is -2.14. The lowest BCUT2D eigenvalue weighted by atomic mass is 9.95. The number of benzene rings is 1. The van der Waals surface area contributed by atoms with E-state index in [1.165, 1.54) is 0 Å². The summed E-state index contributed by atoms with van der Waals surface area (Å²) in [6, 6.07) is 2.35. The van der Waals surface area contributed by atoms with Gasteiger partial charge in [-0.2, -0.15) is 13.2 Å². The van der Waals surface area contributed by atoms with Crippen LogP contribution >= 0.6 is 0 Å². The summed E-state index contributed by atoms with van der Waals surface area (Å²) in [5.74, 6) is -1.24. The van der Waals surface area contributed by atoms with Crippen molar-refractivity contribution >= 4 is 0 Å². The van der Waals surface area contributed by atoms with Crippen molar-refractivity contribution in [3.05, 3.63) is 35.1 Å². The first kappa shape index (κ1) is 13.3. The van der Waals surface area contributed by atoms with Gasteiger partial charge >= 0.3 is 6.18 Å². The summed E-state index contributed by atoms with van der Waals surface area (Å²) >= 11 is 0. The first-order chi connectivity index (χ1) is 8.41. The van der Waals surface area contributed by atoms with Gasteiger partial charge in [-0.25, -0.2) is 4.39 Å². The van der Waals surface area contributed by atoms with E-state index < -0.39 is 23.7 Å². The third-order valence-electron chi connectivity index (χ3n) is 3.02. The van der Waals surface area contributed by atoms with E-state index in [9.17, 15) is 17.6 Å². The highest BCUT2D eigenvalue weighted by molar-refractivity contribution is 5.29. The van der Waals surface area contributed by atoms with Crippen molar-refractivity contribution in [2.45, 2.75) is 18.7 Å². The molecule has 0 aromatic heterocycles. The molecule has 6 heteroatoms. The zero-order valence-corrected chi connectivity index (χ0v) is 9.38. The summed E-state index contributed by atoms with van der Waals surface area (Å²) in [6.07, 6.45) is -4.71. The van der Waals surface area contributed by atoms with Crippen LogP contribution < -0.4 is 0 Å². The van der Waals surface area contributed by atoms with Crippen LogP contribution in [-0.2, 0) is 10.9 Å². The Morgan fingerprint density at radius 3 is 2.61 bits per heavy atom. The molecule has 1 aliphatic rings. The van der Waals surface area contributed by atoms with Gasteiger partial charge in [0.15, 0.2) is 0 Å². The summed E-state index contributed by atoms with van der Waals surface area (Å²) in [6.45, 7) is 0.163. The Balaban J connectivity index is 2.36. The number of hydrogen-bond acceptors (Lipinski definition) is 2. The Labute approximate surface area is 101 Å². The van der Waals surface area contributed by atoms with Crippen LogP contribution in [0.3, 0.4) is 0 Å². The Morgan fingerprint density at radius 2 is 2.00 bits per heavy atom. The van der Waals surface area contributed by atoms with Crippen LogP contribution in [0, 0.1) is 11.7 Å². The fraction of sp³-hybridized carbons (Fsp3) is 0.500. The average molecular weight is 264 g/mol. The van der Waals surface area contributed by atoms with Crippen LogP contribution in [0.5, 0.6) is 0 Å². The van der Waals surface area contributed by atoms with Crippen molar-refractivity contribution < 1.29 is 27.4 Å². The van der Waals surface area contributed by atoms with Crippen molar-refractivity contribution in [3.63, 3.8) is 0 Å². The molecule has 0 amide bonds. The minimum atomic E-state index is -4.59. The predicted octanol–water partition coefficient (Wildman–Crippen LogP) is 2.91. The quantitative estimate of drug-likeness (QED) is 0.832. The van der Waals surface area contributed by atoms with Gasteiger partial charge in [-0.1, -0.05) is 0 Å². The Kier molecular flexibility index (Phi) is 3.59. The molecule has 0 bridgehead atoms. The third kappa shape index (κ3) is 2.64. The number of ether oxygens (including phenoxy) is 1. The molecule has 18 heavy (non-hydrogen) atoms. The molecule has 0 saturated carbocycles. The second-order valence-corrected chi connectivity index (χ2v) is 4.29.